The van der Waals surface area contributed by atoms with E-state index in [0.717, 1.165) is 6.07 Å². The van der Waals surface area contributed by atoms with Gasteiger partial charge in [0.05, 0.1) is 0 Å². The summed E-state index contributed by atoms with van der Waals surface area (Å²) in [6.45, 7) is 0. The Morgan fingerprint density at radius 1 is 0.643 bits per heavy atom. The van der Waals surface area contributed by atoms with Crippen molar-refractivity contribution in [1.29, 1.82) is 0 Å². The van der Waals surface area contributed by atoms with Crippen molar-refractivity contribution >= 4 is 15.8 Å². The first-order valence-electron chi connectivity index (χ1n) is 10.4. The van der Waals surface area contributed by atoms with E-state index in [2.05, 4.69) is 4.28 Å². The molecule has 0 radical (unpaired) electrons. The predicted octanol–water partition coefficient (Wildman–Crippen LogP) is 7.57. The van der Waals surface area contributed by atoms with Gasteiger partial charge < -0.3 is 0 Å². The molecule has 1 aliphatic rings. The van der Waals surface area contributed by atoms with Gasteiger partial charge in [0.25, 0.3) is 0 Å². The van der Waals surface area contributed by atoms with E-state index in [9.17, 15) is 78.7 Å². The number of nitrogens with zero attached hydrogens (tertiary/aromatic N) is 1. The van der Waals surface area contributed by atoms with Crippen molar-refractivity contribution in [2.45, 2.75) is 47.7 Å². The fourth-order valence-corrected chi connectivity index (χ4v) is 4.25. The topological polar surface area (TPSA) is 55.7 Å². The lowest BCUT2D eigenvalue weighted by atomic mass is 9.95. The highest BCUT2D eigenvalue weighted by atomic mass is 32.2. The van der Waals surface area contributed by atoms with Crippen molar-refractivity contribution in [2.24, 2.45) is 5.16 Å². The summed E-state index contributed by atoms with van der Waals surface area (Å²) < 4.78 is 239. The summed E-state index contributed by atoms with van der Waals surface area (Å²) in [5.74, 6) is -29.8. The summed E-state index contributed by atoms with van der Waals surface area (Å²) >= 11 is 0. The molecule has 3 rings (SSSR count). The van der Waals surface area contributed by atoms with Crippen molar-refractivity contribution in [2.75, 3.05) is 0 Å². The summed E-state index contributed by atoms with van der Waals surface area (Å²) in [5, 5.41) is -6.11. The summed E-state index contributed by atoms with van der Waals surface area (Å²) in [7, 11) is -8.08. The molecule has 0 atom stereocenters. The average Bonchev–Trinajstić information content (AvgIpc) is 3.20. The maximum Gasteiger partial charge on any atom is 0.460 e. The Balaban J connectivity index is 2.22. The molecule has 0 saturated heterocycles. The Kier molecular flexibility index (Phi) is 7.62. The minimum absolute atomic E-state index is 0.0347. The number of oxime groups is 1. The van der Waals surface area contributed by atoms with Crippen LogP contribution < -0.4 is 0 Å². The fraction of sp³-hybridized carbons (Fsp3) is 0.381. The Bertz CT molecular complexity index is 1510. The number of fused-ring (bicyclic) bond motifs is 3. The standard InChI is InChI=1S/C21H9F16NO3S/c22-15(23,16(24,25)19(30,31)32)14(11-6-5-10-7-9-3-1-2-4-12(9)13(10)8-11)38-41-42(39,40)21(36,37)18(28,29)17(26,27)20(33,34)35/h1-6,8H,7H2. The first-order valence-corrected chi connectivity index (χ1v) is 11.8. The van der Waals surface area contributed by atoms with Gasteiger partial charge in [0.2, 0.25) is 0 Å². The van der Waals surface area contributed by atoms with E-state index in [1.54, 1.807) is 5.16 Å². The smallest absolute Gasteiger partial charge is 0.263 e. The first-order chi connectivity index (χ1) is 18.6. The molecule has 0 saturated carbocycles. The van der Waals surface area contributed by atoms with Crippen molar-refractivity contribution < 1.29 is 82.9 Å². The van der Waals surface area contributed by atoms with E-state index >= 15 is 0 Å². The van der Waals surface area contributed by atoms with E-state index in [0.29, 0.717) is 17.7 Å². The van der Waals surface area contributed by atoms with Crippen LogP contribution in [0.5, 0.6) is 0 Å². The van der Waals surface area contributed by atoms with Crippen LogP contribution in [-0.4, -0.2) is 55.4 Å². The van der Waals surface area contributed by atoms with Gasteiger partial charge in [0.15, 0.2) is 5.71 Å². The molecule has 0 heterocycles. The number of halogens is 16. The number of hydrogen-bond acceptors (Lipinski definition) is 4. The normalized spacial score (nSPS) is 15.9. The van der Waals surface area contributed by atoms with Gasteiger partial charge in [-0.25, -0.2) is 0 Å². The minimum Gasteiger partial charge on any atom is -0.263 e. The van der Waals surface area contributed by atoms with Crippen LogP contribution in [-0.2, 0) is 20.8 Å². The van der Waals surface area contributed by atoms with Crippen LogP contribution in [0.15, 0.2) is 47.6 Å². The van der Waals surface area contributed by atoms with Crippen molar-refractivity contribution in [1.82, 2.24) is 0 Å². The molecule has 1 aliphatic carbocycles. The largest absolute Gasteiger partial charge is 0.460 e. The molecule has 42 heavy (non-hydrogen) atoms. The molecule has 0 unspecified atom stereocenters. The summed E-state index contributed by atoms with van der Waals surface area (Å²) in [6.07, 6.45) is -14.7. The van der Waals surface area contributed by atoms with Crippen molar-refractivity contribution in [3.05, 3.63) is 59.2 Å². The number of rotatable bonds is 8. The molecule has 0 amide bonds. The maximum absolute atomic E-state index is 14.7. The second-order valence-electron chi connectivity index (χ2n) is 8.48. The zero-order valence-corrected chi connectivity index (χ0v) is 20.2. The quantitative estimate of drug-likeness (QED) is 0.143. The van der Waals surface area contributed by atoms with Crippen LogP contribution >= 0.6 is 0 Å². The maximum atomic E-state index is 14.7. The lowest BCUT2D eigenvalue weighted by Crippen LogP contribution is -2.63. The second-order valence-corrected chi connectivity index (χ2v) is 10.1. The SMILES string of the molecule is O=S(=O)(ON=C(c1ccc2c(c1)-c1ccccc1C2)C(F)(F)C(F)(F)C(F)(F)F)C(F)(F)C(F)(F)C(F)(F)C(F)(F)F. The number of benzene rings is 2. The van der Waals surface area contributed by atoms with Crippen molar-refractivity contribution in [3.63, 3.8) is 0 Å². The molecule has 0 fully saturated rings. The minimum atomic E-state index is -8.08. The van der Waals surface area contributed by atoms with Gasteiger partial charge >= 0.3 is 51.4 Å². The van der Waals surface area contributed by atoms with E-state index in [1.165, 1.54) is 24.3 Å². The number of hydrogen-bond donors (Lipinski definition) is 0. The van der Waals surface area contributed by atoms with Crippen LogP contribution in [0.2, 0.25) is 0 Å². The third-order valence-corrected chi connectivity index (χ3v) is 6.93. The Hall–Kier alpha value is -3.26. The van der Waals surface area contributed by atoms with Crippen molar-refractivity contribution in [3.8, 4) is 11.1 Å². The second kappa shape index (κ2) is 9.63. The molecule has 2 aromatic rings. The molecule has 21 heteroatoms. The van der Waals surface area contributed by atoms with E-state index in [1.807, 2.05) is 0 Å². The Labute approximate surface area is 222 Å². The lowest BCUT2D eigenvalue weighted by Gasteiger charge is -2.32. The zero-order valence-electron chi connectivity index (χ0n) is 19.4. The lowest BCUT2D eigenvalue weighted by molar-refractivity contribution is -0.382. The summed E-state index contributed by atoms with van der Waals surface area (Å²) in [4.78, 5) is 0. The summed E-state index contributed by atoms with van der Waals surface area (Å²) in [5.41, 5.74) is -4.12. The zero-order chi connectivity index (χ0) is 32.5. The molecule has 2 aromatic carbocycles. The third kappa shape index (κ3) is 4.81. The highest BCUT2D eigenvalue weighted by Gasteiger charge is 2.86. The molecule has 0 aliphatic heterocycles. The highest BCUT2D eigenvalue weighted by Crippen LogP contribution is 2.55. The van der Waals surface area contributed by atoms with Gasteiger partial charge in [-0.1, -0.05) is 41.6 Å². The van der Waals surface area contributed by atoms with Crippen LogP contribution in [0.25, 0.3) is 11.1 Å². The third-order valence-electron chi connectivity index (χ3n) is 5.78. The van der Waals surface area contributed by atoms with Gasteiger partial charge in [0.1, 0.15) is 0 Å². The van der Waals surface area contributed by atoms with Crippen LogP contribution in [0.4, 0.5) is 70.2 Å². The molecule has 234 valence electrons. The Morgan fingerprint density at radius 3 is 1.67 bits per heavy atom. The molecule has 0 aromatic heterocycles. The van der Waals surface area contributed by atoms with Gasteiger partial charge in [-0.2, -0.15) is 78.7 Å². The molecule has 0 N–H and O–H groups in total. The van der Waals surface area contributed by atoms with Gasteiger partial charge in [-0.05, 0) is 34.7 Å². The van der Waals surface area contributed by atoms with Gasteiger partial charge in [-0.3, -0.25) is 4.28 Å². The van der Waals surface area contributed by atoms with E-state index in [4.69, 9.17) is 0 Å². The summed E-state index contributed by atoms with van der Waals surface area (Å²) in [6, 6.07) is 7.10. The van der Waals surface area contributed by atoms with Crippen LogP contribution in [0, 0.1) is 0 Å². The number of alkyl halides is 16. The molecular weight excluding hydrogens is 650 g/mol. The van der Waals surface area contributed by atoms with Gasteiger partial charge in [0, 0.05) is 5.56 Å². The molecular formula is C21H9F16NO3S. The predicted molar refractivity (Wildman–Crippen MR) is 108 cm³/mol. The highest BCUT2D eigenvalue weighted by molar-refractivity contribution is 7.87. The molecule has 4 nitrogen and oxygen atoms in total. The molecule has 0 bridgehead atoms. The van der Waals surface area contributed by atoms with Crippen LogP contribution in [0.3, 0.4) is 0 Å². The first kappa shape index (κ1) is 33.2. The monoisotopic (exact) mass is 659 g/mol. The Morgan fingerprint density at radius 2 is 1.14 bits per heavy atom. The van der Waals surface area contributed by atoms with Gasteiger partial charge in [-0.15, -0.1) is 0 Å². The van der Waals surface area contributed by atoms with E-state index in [-0.39, 0.29) is 23.1 Å². The average molecular weight is 659 g/mol. The molecule has 0 spiro atoms. The fourth-order valence-electron chi connectivity index (χ4n) is 3.54. The van der Waals surface area contributed by atoms with Crippen LogP contribution in [0.1, 0.15) is 16.7 Å². The van der Waals surface area contributed by atoms with E-state index < -0.39 is 62.7 Å².